The minimum atomic E-state index is 0.454. The molecule has 1 aliphatic rings. The van der Waals surface area contributed by atoms with Crippen molar-refractivity contribution in [3.63, 3.8) is 0 Å². The molecule has 0 amide bonds. The van der Waals surface area contributed by atoms with Crippen molar-refractivity contribution in [3.05, 3.63) is 29.8 Å². The lowest BCUT2D eigenvalue weighted by atomic mass is 9.97. The number of unbranched alkanes of at least 4 members (excludes halogenated alkanes) is 3. The highest BCUT2D eigenvalue weighted by atomic mass is 16.6. The van der Waals surface area contributed by atoms with E-state index >= 15 is 0 Å². The van der Waals surface area contributed by atoms with Gasteiger partial charge in [-0.2, -0.15) is 0 Å². The monoisotopic (exact) mass is 276 g/mol. The predicted molar refractivity (Wildman–Crippen MR) is 83.3 cm³/mol. The van der Waals surface area contributed by atoms with Crippen molar-refractivity contribution in [2.45, 2.75) is 65.1 Å². The molecule has 0 bridgehead atoms. The molecule has 1 aromatic carbocycles. The molecule has 2 nitrogen and oxygen atoms in total. The third-order valence-corrected chi connectivity index (χ3v) is 4.07. The molecule has 20 heavy (non-hydrogen) atoms. The van der Waals surface area contributed by atoms with Crippen LogP contribution in [0.5, 0.6) is 5.75 Å². The summed E-state index contributed by atoms with van der Waals surface area (Å²) >= 11 is 0. The summed E-state index contributed by atoms with van der Waals surface area (Å²) in [5.74, 6) is 1.60. The van der Waals surface area contributed by atoms with E-state index in [4.69, 9.17) is 9.47 Å². The maximum Gasteiger partial charge on any atom is 0.119 e. The van der Waals surface area contributed by atoms with E-state index < -0.39 is 0 Å². The topological polar surface area (TPSA) is 21.8 Å². The first kappa shape index (κ1) is 15.4. The van der Waals surface area contributed by atoms with E-state index in [-0.39, 0.29) is 0 Å². The zero-order chi connectivity index (χ0) is 14.4. The van der Waals surface area contributed by atoms with E-state index in [0.717, 1.165) is 25.2 Å². The Morgan fingerprint density at radius 2 is 1.85 bits per heavy atom. The van der Waals surface area contributed by atoms with Gasteiger partial charge in [-0.1, -0.05) is 45.2 Å². The fourth-order valence-electron chi connectivity index (χ4n) is 2.73. The van der Waals surface area contributed by atoms with E-state index in [1.54, 1.807) is 0 Å². The van der Waals surface area contributed by atoms with Gasteiger partial charge in [-0.15, -0.1) is 0 Å². The Morgan fingerprint density at radius 3 is 2.45 bits per heavy atom. The molecule has 0 saturated carbocycles. The highest BCUT2D eigenvalue weighted by molar-refractivity contribution is 5.27. The van der Waals surface area contributed by atoms with Crippen molar-refractivity contribution in [1.29, 1.82) is 0 Å². The van der Waals surface area contributed by atoms with Gasteiger partial charge >= 0.3 is 0 Å². The van der Waals surface area contributed by atoms with Crippen LogP contribution in [-0.4, -0.2) is 18.8 Å². The summed E-state index contributed by atoms with van der Waals surface area (Å²) in [6.45, 7) is 7.49. The third kappa shape index (κ3) is 4.82. The summed E-state index contributed by atoms with van der Waals surface area (Å²) in [5.41, 5.74) is 1.37. The summed E-state index contributed by atoms with van der Waals surface area (Å²) in [7, 11) is 0. The number of hydrogen-bond donors (Lipinski definition) is 0. The number of hydrogen-bond acceptors (Lipinski definition) is 2. The Kier molecular flexibility index (Phi) is 5.90. The highest BCUT2D eigenvalue weighted by Crippen LogP contribution is 2.31. The minimum absolute atomic E-state index is 0.454. The zero-order valence-electron chi connectivity index (χ0n) is 13.1. The molecule has 1 fully saturated rings. The fraction of sp³-hybridized carbons (Fsp3) is 0.667. The number of rotatable bonds is 9. The molecule has 3 unspecified atom stereocenters. The molecule has 0 aliphatic carbocycles. The largest absolute Gasteiger partial charge is 0.494 e. The van der Waals surface area contributed by atoms with Crippen molar-refractivity contribution in [2.24, 2.45) is 5.92 Å². The Bertz CT molecular complexity index is 385. The van der Waals surface area contributed by atoms with Gasteiger partial charge in [0.15, 0.2) is 0 Å². The molecule has 0 N–H and O–H groups in total. The molecule has 0 radical (unpaired) electrons. The Labute approximate surface area is 123 Å². The first-order valence-electron chi connectivity index (χ1n) is 8.08. The van der Waals surface area contributed by atoms with Crippen LogP contribution in [0.15, 0.2) is 24.3 Å². The molecule has 2 rings (SSSR count). The van der Waals surface area contributed by atoms with Gasteiger partial charge in [0.25, 0.3) is 0 Å². The average molecular weight is 276 g/mol. The van der Waals surface area contributed by atoms with Crippen molar-refractivity contribution in [2.75, 3.05) is 6.61 Å². The summed E-state index contributed by atoms with van der Waals surface area (Å²) in [6.07, 6.45) is 7.01. The van der Waals surface area contributed by atoms with Gasteiger partial charge in [0.05, 0.1) is 18.8 Å². The van der Waals surface area contributed by atoms with Crippen molar-refractivity contribution < 1.29 is 9.47 Å². The third-order valence-electron chi connectivity index (χ3n) is 4.07. The molecular weight excluding hydrogens is 248 g/mol. The first-order valence-corrected chi connectivity index (χ1v) is 8.08. The highest BCUT2D eigenvalue weighted by Gasteiger charge is 2.38. The molecule has 1 aliphatic heterocycles. The van der Waals surface area contributed by atoms with Gasteiger partial charge in [0.2, 0.25) is 0 Å². The van der Waals surface area contributed by atoms with Crippen molar-refractivity contribution >= 4 is 0 Å². The standard InChI is InChI=1S/C18H28O2/c1-4-5-6-7-12-19-17-10-8-16(9-11-17)13-14(2)18-15(3)20-18/h8-11,14-15,18H,4-7,12-13H2,1-3H3. The minimum Gasteiger partial charge on any atom is -0.494 e. The van der Waals surface area contributed by atoms with Crippen LogP contribution in [-0.2, 0) is 11.2 Å². The van der Waals surface area contributed by atoms with Crippen molar-refractivity contribution in [3.8, 4) is 5.75 Å². The first-order chi connectivity index (χ1) is 9.70. The normalized spacial score (nSPS) is 22.6. The number of ether oxygens (including phenoxy) is 2. The Balaban J connectivity index is 1.69. The van der Waals surface area contributed by atoms with Gasteiger partial charge in [-0.05, 0) is 43.4 Å². The van der Waals surface area contributed by atoms with Gasteiger partial charge in [-0.3, -0.25) is 0 Å². The lowest BCUT2D eigenvalue weighted by molar-refractivity contribution is 0.305. The quantitative estimate of drug-likeness (QED) is 0.485. The summed E-state index contributed by atoms with van der Waals surface area (Å²) in [5, 5.41) is 0. The molecule has 2 heteroatoms. The van der Waals surface area contributed by atoms with E-state index in [1.807, 2.05) is 0 Å². The summed E-state index contributed by atoms with van der Waals surface area (Å²) < 4.78 is 11.3. The van der Waals surface area contributed by atoms with Crippen LogP contribution in [0.4, 0.5) is 0 Å². The maximum absolute atomic E-state index is 5.76. The lowest BCUT2D eigenvalue weighted by Crippen LogP contribution is -2.09. The maximum atomic E-state index is 5.76. The van der Waals surface area contributed by atoms with Gasteiger partial charge in [0, 0.05) is 0 Å². The van der Waals surface area contributed by atoms with Crippen LogP contribution in [0, 0.1) is 5.92 Å². The second-order valence-electron chi connectivity index (χ2n) is 6.04. The molecular formula is C18H28O2. The van der Waals surface area contributed by atoms with Crippen molar-refractivity contribution in [1.82, 2.24) is 0 Å². The second-order valence-corrected chi connectivity index (χ2v) is 6.04. The van der Waals surface area contributed by atoms with Gasteiger partial charge in [-0.25, -0.2) is 0 Å². The molecule has 112 valence electrons. The smallest absolute Gasteiger partial charge is 0.119 e. The molecule has 1 heterocycles. The van der Waals surface area contributed by atoms with Crippen LogP contribution < -0.4 is 4.74 Å². The summed E-state index contributed by atoms with van der Waals surface area (Å²) in [6, 6.07) is 8.56. The average Bonchev–Trinajstić information content (AvgIpc) is 3.18. The lowest BCUT2D eigenvalue weighted by Gasteiger charge is -2.10. The predicted octanol–water partition coefficient (Wildman–Crippen LogP) is 4.61. The van der Waals surface area contributed by atoms with Gasteiger partial charge < -0.3 is 9.47 Å². The fourth-order valence-corrected chi connectivity index (χ4v) is 2.73. The molecule has 0 aromatic heterocycles. The summed E-state index contributed by atoms with van der Waals surface area (Å²) in [4.78, 5) is 0. The van der Waals surface area contributed by atoms with Crippen LogP contribution in [0.3, 0.4) is 0 Å². The van der Waals surface area contributed by atoms with Crippen LogP contribution in [0.25, 0.3) is 0 Å². The number of benzene rings is 1. The molecule has 0 spiro atoms. The van der Waals surface area contributed by atoms with Gasteiger partial charge in [0.1, 0.15) is 5.75 Å². The van der Waals surface area contributed by atoms with E-state index in [2.05, 4.69) is 45.0 Å². The van der Waals surface area contributed by atoms with Crippen LogP contribution in [0.1, 0.15) is 52.0 Å². The Morgan fingerprint density at radius 1 is 1.15 bits per heavy atom. The zero-order valence-corrected chi connectivity index (χ0v) is 13.1. The molecule has 3 atom stereocenters. The SMILES string of the molecule is CCCCCCOc1ccc(CC(C)C2OC2C)cc1. The van der Waals surface area contributed by atoms with Crippen LogP contribution in [0.2, 0.25) is 0 Å². The van der Waals surface area contributed by atoms with E-state index in [0.29, 0.717) is 18.1 Å². The second kappa shape index (κ2) is 7.68. The van der Waals surface area contributed by atoms with E-state index in [9.17, 15) is 0 Å². The Hall–Kier alpha value is -1.02. The van der Waals surface area contributed by atoms with E-state index in [1.165, 1.54) is 24.8 Å². The molecule has 1 saturated heterocycles. The van der Waals surface area contributed by atoms with Crippen LogP contribution >= 0.6 is 0 Å². The molecule has 1 aromatic rings. The number of epoxide rings is 1.